The van der Waals surface area contributed by atoms with Gasteiger partial charge >= 0.3 is 0 Å². The van der Waals surface area contributed by atoms with Crippen molar-refractivity contribution in [2.24, 2.45) is 11.7 Å². The number of amides is 1. The molecular weight excluding hydrogens is 295 g/mol. The van der Waals surface area contributed by atoms with E-state index in [-0.39, 0.29) is 29.8 Å². The van der Waals surface area contributed by atoms with Crippen LogP contribution in [0.1, 0.15) is 38.2 Å². The van der Waals surface area contributed by atoms with E-state index in [1.165, 1.54) is 12.1 Å². The zero-order chi connectivity index (χ0) is 16.7. The summed E-state index contributed by atoms with van der Waals surface area (Å²) in [5.41, 5.74) is 6.97. The summed E-state index contributed by atoms with van der Waals surface area (Å²) in [6, 6.07) is 6.50. The van der Waals surface area contributed by atoms with Gasteiger partial charge in [0.15, 0.2) is 0 Å². The van der Waals surface area contributed by atoms with E-state index in [0.29, 0.717) is 26.0 Å². The first-order valence-electron chi connectivity index (χ1n) is 8.49. The zero-order valence-corrected chi connectivity index (χ0v) is 13.8. The van der Waals surface area contributed by atoms with E-state index in [4.69, 9.17) is 10.5 Å². The van der Waals surface area contributed by atoms with Crippen LogP contribution in [-0.4, -0.2) is 31.2 Å². The van der Waals surface area contributed by atoms with E-state index < -0.39 is 0 Å². The Morgan fingerprint density at radius 2 is 2.26 bits per heavy atom. The van der Waals surface area contributed by atoms with Gasteiger partial charge in [0.25, 0.3) is 0 Å². The van der Waals surface area contributed by atoms with E-state index in [9.17, 15) is 9.18 Å². The van der Waals surface area contributed by atoms with Gasteiger partial charge < -0.3 is 15.8 Å². The second kappa shape index (κ2) is 8.99. The Bertz CT molecular complexity index is 510. The lowest BCUT2D eigenvalue weighted by Crippen LogP contribution is -2.46. The lowest BCUT2D eigenvalue weighted by molar-refractivity contribution is -0.128. The van der Waals surface area contributed by atoms with Crippen molar-refractivity contribution in [1.29, 1.82) is 0 Å². The molecule has 1 fully saturated rings. The smallest absolute Gasteiger partial charge is 0.223 e. The van der Waals surface area contributed by atoms with Crippen LogP contribution >= 0.6 is 0 Å². The van der Waals surface area contributed by atoms with Crippen molar-refractivity contribution in [3.63, 3.8) is 0 Å². The fraction of sp³-hybridized carbons (Fsp3) is 0.611. The summed E-state index contributed by atoms with van der Waals surface area (Å²) in [6.07, 6.45) is 3.87. The van der Waals surface area contributed by atoms with Gasteiger partial charge in [-0.3, -0.25) is 4.79 Å². The molecule has 0 heterocycles. The Hall–Kier alpha value is -1.46. The van der Waals surface area contributed by atoms with Crippen molar-refractivity contribution in [2.75, 3.05) is 13.2 Å². The molecule has 1 aliphatic rings. The van der Waals surface area contributed by atoms with Gasteiger partial charge in [-0.2, -0.15) is 0 Å². The highest BCUT2D eigenvalue weighted by atomic mass is 19.1. The maximum absolute atomic E-state index is 13.1. The van der Waals surface area contributed by atoms with Gasteiger partial charge in [0.05, 0.1) is 6.10 Å². The predicted octanol–water partition coefficient (Wildman–Crippen LogP) is 2.41. The van der Waals surface area contributed by atoms with Crippen molar-refractivity contribution in [3.05, 3.63) is 35.6 Å². The van der Waals surface area contributed by atoms with Crippen LogP contribution in [-0.2, 0) is 16.0 Å². The van der Waals surface area contributed by atoms with Crippen molar-refractivity contribution in [3.8, 4) is 0 Å². The molecule has 0 radical (unpaired) electrons. The number of nitrogens with one attached hydrogen (secondary N) is 1. The molecule has 0 bridgehead atoms. The standard InChI is InChI=1S/C18H27FN2O2/c1-2-10-23-17-12-14(6-7-16(17)20)18(22)21-9-8-13-4-3-5-15(19)11-13/h3-5,11,14,16-17H,2,6-10,12,20H2,1H3,(H,21,22)/t14-,16+,17+/m0/s1. The Labute approximate surface area is 137 Å². The van der Waals surface area contributed by atoms with Crippen LogP contribution in [0.4, 0.5) is 4.39 Å². The van der Waals surface area contributed by atoms with Gasteiger partial charge in [-0.1, -0.05) is 19.1 Å². The average molecular weight is 322 g/mol. The molecule has 1 aliphatic carbocycles. The van der Waals surface area contributed by atoms with E-state index >= 15 is 0 Å². The molecule has 1 saturated carbocycles. The third-order valence-electron chi connectivity index (χ3n) is 4.35. The van der Waals surface area contributed by atoms with E-state index in [0.717, 1.165) is 24.8 Å². The number of ether oxygens (including phenoxy) is 1. The van der Waals surface area contributed by atoms with Gasteiger partial charge in [0.2, 0.25) is 5.91 Å². The van der Waals surface area contributed by atoms with Gasteiger partial charge in [0, 0.05) is 25.1 Å². The Morgan fingerprint density at radius 1 is 1.43 bits per heavy atom. The summed E-state index contributed by atoms with van der Waals surface area (Å²) in [7, 11) is 0. The molecule has 128 valence electrons. The summed E-state index contributed by atoms with van der Waals surface area (Å²) in [4.78, 5) is 12.3. The molecule has 1 aromatic carbocycles. The summed E-state index contributed by atoms with van der Waals surface area (Å²) >= 11 is 0. The normalized spacial score (nSPS) is 24.4. The molecule has 0 saturated heterocycles. The molecule has 0 unspecified atom stereocenters. The lowest BCUT2D eigenvalue weighted by atomic mass is 9.83. The maximum atomic E-state index is 13.1. The van der Waals surface area contributed by atoms with Crippen LogP contribution in [0.15, 0.2) is 24.3 Å². The molecule has 5 heteroatoms. The molecule has 1 amide bonds. The molecule has 3 atom stereocenters. The summed E-state index contributed by atoms with van der Waals surface area (Å²) in [5.74, 6) is -0.228. The maximum Gasteiger partial charge on any atom is 0.223 e. The second-order valence-electron chi connectivity index (χ2n) is 6.25. The van der Waals surface area contributed by atoms with Crippen molar-refractivity contribution in [2.45, 2.75) is 51.2 Å². The number of hydrogen-bond donors (Lipinski definition) is 2. The molecule has 23 heavy (non-hydrogen) atoms. The minimum absolute atomic E-state index is 0.0253. The van der Waals surface area contributed by atoms with Crippen LogP contribution in [0.5, 0.6) is 0 Å². The number of nitrogens with two attached hydrogens (primary N) is 1. The fourth-order valence-corrected chi connectivity index (χ4v) is 3.02. The third kappa shape index (κ3) is 5.59. The lowest BCUT2D eigenvalue weighted by Gasteiger charge is -2.33. The minimum atomic E-state index is -0.244. The van der Waals surface area contributed by atoms with Crippen LogP contribution in [0.25, 0.3) is 0 Å². The molecular formula is C18H27FN2O2. The first kappa shape index (κ1) is 17.9. The molecule has 4 nitrogen and oxygen atoms in total. The van der Waals surface area contributed by atoms with Crippen LogP contribution in [0, 0.1) is 11.7 Å². The molecule has 2 rings (SSSR count). The summed E-state index contributed by atoms with van der Waals surface area (Å²) in [5, 5.41) is 2.95. The summed E-state index contributed by atoms with van der Waals surface area (Å²) < 4.78 is 18.9. The molecule has 0 aliphatic heterocycles. The van der Waals surface area contributed by atoms with E-state index in [1.807, 2.05) is 6.07 Å². The molecule has 0 spiro atoms. The third-order valence-corrected chi connectivity index (χ3v) is 4.35. The van der Waals surface area contributed by atoms with Crippen LogP contribution < -0.4 is 11.1 Å². The Morgan fingerprint density at radius 3 is 3.00 bits per heavy atom. The summed E-state index contributed by atoms with van der Waals surface area (Å²) in [6.45, 7) is 3.27. The van der Waals surface area contributed by atoms with Gasteiger partial charge in [-0.25, -0.2) is 4.39 Å². The molecule has 0 aromatic heterocycles. The number of hydrogen-bond acceptors (Lipinski definition) is 3. The first-order chi connectivity index (χ1) is 11.1. The highest BCUT2D eigenvalue weighted by Gasteiger charge is 2.32. The second-order valence-corrected chi connectivity index (χ2v) is 6.25. The van der Waals surface area contributed by atoms with E-state index in [1.54, 1.807) is 6.07 Å². The van der Waals surface area contributed by atoms with Crippen molar-refractivity contribution < 1.29 is 13.9 Å². The van der Waals surface area contributed by atoms with Gasteiger partial charge in [0.1, 0.15) is 5.82 Å². The minimum Gasteiger partial charge on any atom is -0.377 e. The highest BCUT2D eigenvalue weighted by molar-refractivity contribution is 5.78. The number of carbonyl (C=O) groups excluding carboxylic acids is 1. The molecule has 1 aromatic rings. The fourth-order valence-electron chi connectivity index (χ4n) is 3.02. The Balaban J connectivity index is 1.76. The quantitative estimate of drug-likeness (QED) is 0.810. The predicted molar refractivity (Wildman–Crippen MR) is 88.5 cm³/mol. The average Bonchev–Trinajstić information content (AvgIpc) is 2.54. The van der Waals surface area contributed by atoms with Crippen molar-refractivity contribution in [1.82, 2.24) is 5.32 Å². The van der Waals surface area contributed by atoms with Gasteiger partial charge in [-0.15, -0.1) is 0 Å². The number of rotatable bonds is 7. The first-order valence-corrected chi connectivity index (χ1v) is 8.49. The topological polar surface area (TPSA) is 64.3 Å². The largest absolute Gasteiger partial charge is 0.377 e. The number of carbonyl (C=O) groups is 1. The monoisotopic (exact) mass is 322 g/mol. The number of benzene rings is 1. The molecule has 3 N–H and O–H groups in total. The van der Waals surface area contributed by atoms with Gasteiger partial charge in [-0.05, 0) is 49.8 Å². The zero-order valence-electron chi connectivity index (χ0n) is 13.8. The Kier molecular flexibility index (Phi) is 6.99. The van der Waals surface area contributed by atoms with Crippen molar-refractivity contribution >= 4 is 5.91 Å². The number of halogens is 1. The highest BCUT2D eigenvalue weighted by Crippen LogP contribution is 2.26. The van der Waals surface area contributed by atoms with Crippen LogP contribution in [0.2, 0.25) is 0 Å². The van der Waals surface area contributed by atoms with E-state index in [2.05, 4.69) is 12.2 Å². The van der Waals surface area contributed by atoms with Crippen LogP contribution in [0.3, 0.4) is 0 Å². The SMILES string of the molecule is CCCO[C@@H]1C[C@@H](C(=O)NCCc2cccc(F)c2)CC[C@H]1N.